The predicted molar refractivity (Wildman–Crippen MR) is 69.7 cm³/mol. The van der Waals surface area contributed by atoms with Crippen molar-refractivity contribution in [3.8, 4) is 0 Å². The molecule has 16 heavy (non-hydrogen) atoms. The van der Waals surface area contributed by atoms with Crippen LogP contribution >= 0.6 is 0 Å². The van der Waals surface area contributed by atoms with Crippen LogP contribution in [0.5, 0.6) is 0 Å². The molecule has 0 heterocycles. The molecule has 1 saturated carbocycles. The van der Waals surface area contributed by atoms with E-state index in [9.17, 15) is 0 Å². The molecule has 0 aromatic heterocycles. The maximum absolute atomic E-state index is 6.46. The van der Waals surface area contributed by atoms with E-state index in [1.807, 2.05) is 0 Å². The molecule has 1 nitrogen and oxygen atoms in total. The molecule has 0 amide bonds. The SMILES string of the molecule is Cc1cc(C(C)C)cc(C2(N)CCC2)c1C. The van der Waals surface area contributed by atoms with Gasteiger partial charge in [-0.15, -0.1) is 0 Å². The first kappa shape index (κ1) is 11.7. The average molecular weight is 217 g/mol. The standard InChI is InChI=1S/C15H23N/c1-10(2)13-8-11(3)12(4)14(9-13)15(16)6-5-7-15/h8-10H,5-7,16H2,1-4H3. The first-order chi connectivity index (χ1) is 7.44. The van der Waals surface area contributed by atoms with Gasteiger partial charge in [0.15, 0.2) is 0 Å². The monoisotopic (exact) mass is 217 g/mol. The maximum Gasteiger partial charge on any atom is 0.0412 e. The van der Waals surface area contributed by atoms with Gasteiger partial charge in [0, 0.05) is 5.54 Å². The Hall–Kier alpha value is -0.820. The maximum atomic E-state index is 6.46. The van der Waals surface area contributed by atoms with E-state index in [1.165, 1.54) is 28.7 Å². The summed E-state index contributed by atoms with van der Waals surface area (Å²) in [5.74, 6) is 0.585. The first-order valence-corrected chi connectivity index (χ1v) is 6.34. The molecule has 0 bridgehead atoms. The van der Waals surface area contributed by atoms with Crippen molar-refractivity contribution in [2.45, 2.75) is 58.4 Å². The first-order valence-electron chi connectivity index (χ1n) is 6.34. The predicted octanol–water partition coefficient (Wildman–Crippen LogP) is 3.76. The number of hydrogen-bond donors (Lipinski definition) is 1. The lowest BCUT2D eigenvalue weighted by atomic mass is 9.70. The molecule has 1 heteroatoms. The fraction of sp³-hybridized carbons (Fsp3) is 0.600. The fourth-order valence-electron chi connectivity index (χ4n) is 2.56. The summed E-state index contributed by atoms with van der Waals surface area (Å²) in [5.41, 5.74) is 12.0. The van der Waals surface area contributed by atoms with Crippen LogP contribution in [0, 0.1) is 13.8 Å². The number of aryl methyl sites for hydroxylation is 1. The largest absolute Gasteiger partial charge is 0.321 e. The van der Waals surface area contributed by atoms with Crippen molar-refractivity contribution in [2.24, 2.45) is 5.73 Å². The molecular formula is C15H23N. The number of hydrogen-bond acceptors (Lipinski definition) is 1. The number of benzene rings is 1. The zero-order valence-electron chi connectivity index (χ0n) is 10.9. The van der Waals surface area contributed by atoms with Gasteiger partial charge in [0.1, 0.15) is 0 Å². The van der Waals surface area contributed by atoms with E-state index in [-0.39, 0.29) is 5.54 Å². The molecular weight excluding hydrogens is 194 g/mol. The lowest BCUT2D eigenvalue weighted by molar-refractivity contribution is 0.252. The Morgan fingerprint density at radius 1 is 1.19 bits per heavy atom. The third-order valence-electron chi connectivity index (χ3n) is 4.14. The van der Waals surface area contributed by atoms with Crippen molar-refractivity contribution < 1.29 is 0 Å². The summed E-state index contributed by atoms with van der Waals surface area (Å²) < 4.78 is 0. The van der Waals surface area contributed by atoms with Crippen LogP contribution in [0.1, 0.15) is 61.3 Å². The second kappa shape index (κ2) is 3.89. The van der Waals surface area contributed by atoms with E-state index in [2.05, 4.69) is 39.8 Å². The zero-order valence-corrected chi connectivity index (χ0v) is 10.9. The molecule has 1 aliphatic carbocycles. The highest BCUT2D eigenvalue weighted by Crippen LogP contribution is 2.41. The molecule has 0 saturated heterocycles. The highest BCUT2D eigenvalue weighted by atomic mass is 14.8. The second-order valence-corrected chi connectivity index (χ2v) is 5.67. The van der Waals surface area contributed by atoms with Crippen molar-refractivity contribution >= 4 is 0 Å². The molecule has 0 unspecified atom stereocenters. The lowest BCUT2D eigenvalue weighted by Gasteiger charge is -2.40. The molecule has 1 aliphatic rings. The van der Waals surface area contributed by atoms with Crippen LogP contribution in [0.4, 0.5) is 0 Å². The van der Waals surface area contributed by atoms with Gasteiger partial charge in [-0.2, -0.15) is 0 Å². The van der Waals surface area contributed by atoms with Gasteiger partial charge in [0.25, 0.3) is 0 Å². The molecule has 2 rings (SSSR count). The molecule has 0 atom stereocenters. The molecule has 1 aromatic rings. The smallest absolute Gasteiger partial charge is 0.0412 e. The van der Waals surface area contributed by atoms with Crippen LogP contribution in [0.2, 0.25) is 0 Å². The summed E-state index contributed by atoms with van der Waals surface area (Å²) in [4.78, 5) is 0. The molecule has 0 aliphatic heterocycles. The van der Waals surface area contributed by atoms with Gasteiger partial charge in [0.2, 0.25) is 0 Å². The number of nitrogens with two attached hydrogens (primary N) is 1. The van der Waals surface area contributed by atoms with E-state index >= 15 is 0 Å². The van der Waals surface area contributed by atoms with Crippen molar-refractivity contribution in [3.63, 3.8) is 0 Å². The van der Waals surface area contributed by atoms with Gasteiger partial charge in [-0.05, 0) is 61.3 Å². The van der Waals surface area contributed by atoms with Gasteiger partial charge >= 0.3 is 0 Å². The Bertz CT molecular complexity index is 400. The average Bonchev–Trinajstić information content (AvgIpc) is 2.18. The minimum atomic E-state index is -0.0280. The normalized spacial score (nSPS) is 18.6. The van der Waals surface area contributed by atoms with E-state index in [0.29, 0.717) is 5.92 Å². The lowest BCUT2D eigenvalue weighted by Crippen LogP contribution is -2.44. The number of rotatable bonds is 2. The second-order valence-electron chi connectivity index (χ2n) is 5.67. The van der Waals surface area contributed by atoms with Crippen LogP contribution in [-0.2, 0) is 5.54 Å². The summed E-state index contributed by atoms with van der Waals surface area (Å²) in [6.45, 7) is 8.91. The van der Waals surface area contributed by atoms with E-state index in [0.717, 1.165) is 12.8 Å². The van der Waals surface area contributed by atoms with Crippen molar-refractivity contribution in [1.29, 1.82) is 0 Å². The Balaban J connectivity index is 2.51. The third kappa shape index (κ3) is 1.78. The van der Waals surface area contributed by atoms with Crippen LogP contribution < -0.4 is 5.73 Å². The molecule has 0 spiro atoms. The van der Waals surface area contributed by atoms with Gasteiger partial charge in [-0.1, -0.05) is 26.0 Å². The summed E-state index contributed by atoms with van der Waals surface area (Å²) in [6, 6.07) is 4.65. The third-order valence-corrected chi connectivity index (χ3v) is 4.14. The van der Waals surface area contributed by atoms with Crippen LogP contribution in [-0.4, -0.2) is 0 Å². The minimum Gasteiger partial charge on any atom is -0.321 e. The molecule has 2 N–H and O–H groups in total. The molecule has 1 fully saturated rings. The topological polar surface area (TPSA) is 26.0 Å². The van der Waals surface area contributed by atoms with Crippen LogP contribution in [0.3, 0.4) is 0 Å². The Morgan fingerprint density at radius 3 is 2.25 bits per heavy atom. The molecule has 88 valence electrons. The molecule has 1 aromatic carbocycles. The summed E-state index contributed by atoms with van der Waals surface area (Å²) >= 11 is 0. The van der Waals surface area contributed by atoms with Crippen LogP contribution in [0.25, 0.3) is 0 Å². The van der Waals surface area contributed by atoms with Crippen LogP contribution in [0.15, 0.2) is 12.1 Å². The van der Waals surface area contributed by atoms with Crippen molar-refractivity contribution in [2.75, 3.05) is 0 Å². The minimum absolute atomic E-state index is 0.0280. The molecule has 0 radical (unpaired) electrons. The fourth-order valence-corrected chi connectivity index (χ4v) is 2.56. The zero-order chi connectivity index (χ0) is 11.9. The quantitative estimate of drug-likeness (QED) is 0.802. The Morgan fingerprint density at radius 2 is 1.81 bits per heavy atom. The van der Waals surface area contributed by atoms with Gasteiger partial charge < -0.3 is 5.73 Å². The van der Waals surface area contributed by atoms with Crippen molar-refractivity contribution in [3.05, 3.63) is 34.4 Å². The Kier molecular flexibility index (Phi) is 2.83. The summed E-state index contributed by atoms with van der Waals surface area (Å²) in [6.07, 6.45) is 3.57. The summed E-state index contributed by atoms with van der Waals surface area (Å²) in [5, 5.41) is 0. The van der Waals surface area contributed by atoms with Gasteiger partial charge in [0.05, 0.1) is 0 Å². The van der Waals surface area contributed by atoms with E-state index in [1.54, 1.807) is 0 Å². The Labute approximate surface area is 99.0 Å². The highest BCUT2D eigenvalue weighted by Gasteiger charge is 2.35. The highest BCUT2D eigenvalue weighted by molar-refractivity contribution is 5.43. The summed E-state index contributed by atoms with van der Waals surface area (Å²) in [7, 11) is 0. The van der Waals surface area contributed by atoms with E-state index in [4.69, 9.17) is 5.73 Å². The van der Waals surface area contributed by atoms with Crippen molar-refractivity contribution in [1.82, 2.24) is 0 Å². The van der Waals surface area contributed by atoms with Gasteiger partial charge in [-0.3, -0.25) is 0 Å². The van der Waals surface area contributed by atoms with E-state index < -0.39 is 0 Å². The van der Waals surface area contributed by atoms with Gasteiger partial charge in [-0.25, -0.2) is 0 Å².